The Labute approximate surface area is 314 Å². The maximum atomic E-state index is 13.8. The number of ether oxygens (including phenoxy) is 3. The summed E-state index contributed by atoms with van der Waals surface area (Å²) in [6.07, 6.45) is -7.58. The molecule has 0 saturated heterocycles. The standard InChI is InChI=1S/C36H37F6N3O5.Na/c1-21(2)30-16-31(32(49-5)11-22(30)3)29-9-8-27(48-4)14-24(29)20-45(34-43-17-28(18-44-34)50-10-6-7-33(46)47)19-23-12-25(35(37,38)39)15-26(13-23)36(40,41)42;/h8-9,11-18,21H,6-7,10,19-20H2,1-5H3,(H,46,47);/q;+1/p-1. The van der Waals surface area contributed by atoms with Crippen LogP contribution in [0.3, 0.4) is 0 Å². The summed E-state index contributed by atoms with van der Waals surface area (Å²) in [4.78, 5) is 20.8. The Morgan fingerprint density at radius 2 is 1.47 bits per heavy atom. The fourth-order valence-electron chi connectivity index (χ4n) is 5.48. The zero-order valence-electron chi connectivity index (χ0n) is 29.0. The van der Waals surface area contributed by atoms with Gasteiger partial charge in [-0.15, -0.1) is 0 Å². The van der Waals surface area contributed by atoms with E-state index < -0.39 is 36.0 Å². The summed E-state index contributed by atoms with van der Waals surface area (Å²) in [5.41, 5.74) is 0.890. The molecule has 0 fully saturated rings. The number of anilines is 1. The molecule has 1 heterocycles. The van der Waals surface area contributed by atoms with Gasteiger partial charge >= 0.3 is 41.9 Å². The average molecular weight is 728 g/mol. The number of aliphatic carboxylic acids is 1. The van der Waals surface area contributed by atoms with Crippen LogP contribution in [0.1, 0.15) is 66.0 Å². The second-order valence-corrected chi connectivity index (χ2v) is 11.9. The number of halogens is 6. The fourth-order valence-corrected chi connectivity index (χ4v) is 5.48. The van der Waals surface area contributed by atoms with Gasteiger partial charge in [0.2, 0.25) is 5.95 Å². The van der Waals surface area contributed by atoms with Gasteiger partial charge < -0.3 is 29.0 Å². The molecule has 4 aromatic rings. The second kappa shape index (κ2) is 17.5. The molecule has 3 aromatic carbocycles. The number of carbonyl (C=O) groups is 1. The average Bonchev–Trinajstić information content (AvgIpc) is 3.05. The Kier molecular flexibility index (Phi) is 14.2. The summed E-state index contributed by atoms with van der Waals surface area (Å²) in [5.74, 6) is 0.104. The van der Waals surface area contributed by atoms with Crippen LogP contribution in [0.25, 0.3) is 11.1 Å². The number of carboxylic acid groups (broad SMARTS) is 1. The first-order valence-electron chi connectivity index (χ1n) is 15.5. The molecule has 0 aliphatic rings. The molecule has 0 unspecified atom stereocenters. The minimum atomic E-state index is -5.04. The monoisotopic (exact) mass is 727 g/mol. The van der Waals surface area contributed by atoms with E-state index in [1.54, 1.807) is 18.2 Å². The third-order valence-corrected chi connectivity index (χ3v) is 7.89. The van der Waals surface area contributed by atoms with E-state index in [-0.39, 0.29) is 84.8 Å². The smallest absolute Gasteiger partial charge is 0.550 e. The van der Waals surface area contributed by atoms with Crippen molar-refractivity contribution in [1.82, 2.24) is 9.97 Å². The van der Waals surface area contributed by atoms with Gasteiger partial charge in [-0.25, -0.2) is 9.97 Å². The van der Waals surface area contributed by atoms with Gasteiger partial charge in [0.05, 0.1) is 44.3 Å². The zero-order valence-corrected chi connectivity index (χ0v) is 31.0. The van der Waals surface area contributed by atoms with E-state index in [2.05, 4.69) is 9.97 Å². The Balaban J connectivity index is 0.00000702. The molecule has 0 atom stereocenters. The van der Waals surface area contributed by atoms with Crippen molar-refractivity contribution in [3.05, 3.63) is 94.3 Å². The number of alkyl halides is 6. The molecule has 268 valence electrons. The van der Waals surface area contributed by atoms with Gasteiger partial charge in [-0.2, -0.15) is 26.3 Å². The number of benzene rings is 3. The van der Waals surface area contributed by atoms with Crippen LogP contribution in [0.2, 0.25) is 0 Å². The molecule has 0 aliphatic carbocycles. The van der Waals surface area contributed by atoms with Crippen molar-refractivity contribution in [3.8, 4) is 28.4 Å². The molecule has 0 radical (unpaired) electrons. The summed E-state index contributed by atoms with van der Waals surface area (Å²) >= 11 is 0. The van der Waals surface area contributed by atoms with Crippen molar-refractivity contribution in [3.63, 3.8) is 0 Å². The summed E-state index contributed by atoms with van der Waals surface area (Å²) in [5, 5.41) is 10.7. The van der Waals surface area contributed by atoms with Crippen molar-refractivity contribution in [2.24, 2.45) is 0 Å². The molecule has 0 saturated carbocycles. The quantitative estimate of drug-likeness (QED) is 0.104. The normalized spacial score (nSPS) is 11.6. The number of carbonyl (C=O) groups excluding carboxylic acids is 1. The third kappa shape index (κ3) is 11.0. The van der Waals surface area contributed by atoms with Crippen LogP contribution in [0.5, 0.6) is 17.2 Å². The fraction of sp³-hybridized carbons (Fsp3) is 0.361. The van der Waals surface area contributed by atoms with Gasteiger partial charge in [-0.05, 0) is 96.0 Å². The van der Waals surface area contributed by atoms with Gasteiger partial charge in [-0.1, -0.05) is 19.9 Å². The van der Waals surface area contributed by atoms with Crippen molar-refractivity contribution >= 4 is 11.9 Å². The van der Waals surface area contributed by atoms with E-state index in [9.17, 15) is 36.2 Å². The molecule has 4 rings (SSSR count). The maximum Gasteiger partial charge on any atom is 1.00 e. The topological polar surface area (TPSA) is 96.8 Å². The summed E-state index contributed by atoms with van der Waals surface area (Å²) in [7, 11) is 3.00. The van der Waals surface area contributed by atoms with E-state index in [4.69, 9.17) is 14.2 Å². The van der Waals surface area contributed by atoms with Crippen LogP contribution < -0.4 is 53.8 Å². The molecule has 0 aliphatic heterocycles. The molecular weight excluding hydrogens is 691 g/mol. The predicted octanol–water partition coefficient (Wildman–Crippen LogP) is 4.75. The van der Waals surface area contributed by atoms with Crippen molar-refractivity contribution in [2.45, 2.75) is 65.0 Å². The van der Waals surface area contributed by atoms with Crippen molar-refractivity contribution in [2.75, 3.05) is 25.7 Å². The number of hydrogen-bond donors (Lipinski definition) is 0. The van der Waals surface area contributed by atoms with Crippen LogP contribution in [-0.2, 0) is 30.2 Å². The molecular formula is C36H36F6N3NaO5. The van der Waals surface area contributed by atoms with Crippen LogP contribution in [-0.4, -0.2) is 36.8 Å². The molecule has 0 spiro atoms. The minimum absolute atomic E-state index is 0. The number of aromatic nitrogens is 2. The number of carboxylic acids is 1. The molecule has 51 heavy (non-hydrogen) atoms. The first kappa shape index (κ1) is 41.4. The van der Waals surface area contributed by atoms with E-state index in [1.807, 2.05) is 32.9 Å². The van der Waals surface area contributed by atoms with Gasteiger partial charge in [0.15, 0.2) is 5.75 Å². The molecule has 0 amide bonds. The Morgan fingerprint density at radius 1 is 0.843 bits per heavy atom. The molecule has 1 aromatic heterocycles. The first-order chi connectivity index (χ1) is 23.5. The maximum absolute atomic E-state index is 13.8. The molecule has 0 bridgehead atoms. The predicted molar refractivity (Wildman–Crippen MR) is 172 cm³/mol. The van der Waals surface area contributed by atoms with Crippen LogP contribution in [0.4, 0.5) is 32.3 Å². The van der Waals surface area contributed by atoms with E-state index in [1.165, 1.54) is 31.5 Å². The van der Waals surface area contributed by atoms with E-state index in [0.29, 0.717) is 34.8 Å². The van der Waals surface area contributed by atoms with E-state index in [0.717, 1.165) is 16.7 Å². The SMILES string of the molecule is COc1ccc(-c2cc(C(C)C)c(C)cc2OC)c(CN(Cc2cc(C(F)(F)F)cc(C(F)(F)F)c2)c2ncc(OCCCC(=O)[O-])cn2)c1.[Na+]. The van der Waals surface area contributed by atoms with Crippen molar-refractivity contribution in [1.29, 1.82) is 0 Å². The molecule has 8 nitrogen and oxygen atoms in total. The van der Waals surface area contributed by atoms with Gasteiger partial charge in [-0.3, -0.25) is 0 Å². The number of methoxy groups -OCH3 is 2. The Hall–Kier alpha value is -4.01. The van der Waals surface area contributed by atoms with Gasteiger partial charge in [0, 0.05) is 24.6 Å². The Morgan fingerprint density at radius 3 is 2.00 bits per heavy atom. The number of rotatable bonds is 14. The minimum Gasteiger partial charge on any atom is -0.550 e. The van der Waals surface area contributed by atoms with Gasteiger partial charge in [0.25, 0.3) is 0 Å². The first-order valence-corrected chi connectivity index (χ1v) is 15.5. The molecule has 0 N–H and O–H groups in total. The van der Waals surface area contributed by atoms with Crippen LogP contribution >= 0.6 is 0 Å². The number of hydrogen-bond acceptors (Lipinski definition) is 8. The van der Waals surface area contributed by atoms with Crippen LogP contribution in [0.15, 0.2) is 60.9 Å². The number of nitrogens with zero attached hydrogens (tertiary/aromatic N) is 3. The number of aryl methyl sites for hydroxylation is 1. The largest absolute Gasteiger partial charge is 1.00 e. The Bertz CT molecular complexity index is 1770. The summed E-state index contributed by atoms with van der Waals surface area (Å²) < 4.78 is 99.5. The zero-order chi connectivity index (χ0) is 36.8. The summed E-state index contributed by atoms with van der Waals surface area (Å²) in [6.45, 7) is 5.56. The summed E-state index contributed by atoms with van der Waals surface area (Å²) in [6, 6.07) is 10.6. The van der Waals surface area contributed by atoms with Gasteiger partial charge in [0.1, 0.15) is 11.5 Å². The van der Waals surface area contributed by atoms with Crippen molar-refractivity contribution < 1.29 is 80.0 Å². The molecule has 15 heteroatoms. The van der Waals surface area contributed by atoms with Crippen LogP contribution in [0, 0.1) is 6.92 Å². The third-order valence-electron chi connectivity index (χ3n) is 7.89. The van der Waals surface area contributed by atoms with E-state index >= 15 is 0 Å². The second-order valence-electron chi connectivity index (χ2n) is 11.9.